The first-order valence-corrected chi connectivity index (χ1v) is 17.3. The monoisotopic (exact) mass is 641 g/mol. The van der Waals surface area contributed by atoms with E-state index in [-0.39, 0.29) is 29.0 Å². The van der Waals surface area contributed by atoms with Gasteiger partial charge >= 0.3 is 0 Å². The lowest BCUT2D eigenvalue weighted by Crippen LogP contribution is -2.52. The number of ether oxygens (including phenoxy) is 2. The summed E-state index contributed by atoms with van der Waals surface area (Å²) in [5.41, 5.74) is 1.00. The number of thioether (sulfide) groups is 1. The van der Waals surface area contributed by atoms with Crippen molar-refractivity contribution >= 4 is 39.3 Å². The van der Waals surface area contributed by atoms with Crippen LogP contribution in [0.25, 0.3) is 0 Å². The fourth-order valence-corrected chi connectivity index (χ4v) is 6.43. The molecular weight excluding hydrogens is 599 g/mol. The van der Waals surface area contributed by atoms with Crippen molar-refractivity contribution in [2.75, 3.05) is 37.4 Å². The number of hydrogen-bond acceptors (Lipinski definition) is 7. The molecule has 0 bridgehead atoms. The van der Waals surface area contributed by atoms with Crippen LogP contribution in [-0.4, -0.2) is 64.2 Å². The third-order valence-electron chi connectivity index (χ3n) is 6.94. The summed E-state index contributed by atoms with van der Waals surface area (Å²) >= 11 is 1.50. The number of para-hydroxylation sites is 2. The summed E-state index contributed by atoms with van der Waals surface area (Å²) in [6.45, 7) is 7.94. The second kappa shape index (κ2) is 16.4. The Hall–Kier alpha value is -3.70. The van der Waals surface area contributed by atoms with Crippen LogP contribution < -0.4 is 19.1 Å². The zero-order valence-corrected chi connectivity index (χ0v) is 27.9. The Morgan fingerprint density at radius 2 is 1.61 bits per heavy atom. The van der Waals surface area contributed by atoms with E-state index in [9.17, 15) is 18.0 Å². The van der Waals surface area contributed by atoms with Crippen LogP contribution in [0.5, 0.6) is 11.5 Å². The van der Waals surface area contributed by atoms with E-state index in [2.05, 4.69) is 5.32 Å². The van der Waals surface area contributed by atoms with Crippen LogP contribution in [0, 0.1) is 5.92 Å². The van der Waals surface area contributed by atoms with E-state index in [1.807, 2.05) is 39.2 Å². The highest BCUT2D eigenvalue weighted by atomic mass is 32.2. The number of rotatable bonds is 16. The first kappa shape index (κ1) is 34.8. The fourth-order valence-electron chi connectivity index (χ4n) is 4.60. The van der Waals surface area contributed by atoms with Gasteiger partial charge in [-0.15, -0.1) is 11.8 Å². The number of anilines is 1. The van der Waals surface area contributed by atoms with Gasteiger partial charge in [-0.2, -0.15) is 0 Å². The van der Waals surface area contributed by atoms with Gasteiger partial charge in [-0.1, -0.05) is 45.0 Å². The SMILES string of the molecule is CCOc1ccccc1N(CC(=O)N(Cc1ccc(OC)cc1)[C@H](CC)C(=O)NCC(C)C)S(=O)(=O)c1ccc(SC)cc1. The average Bonchev–Trinajstić information content (AvgIpc) is 3.03. The largest absolute Gasteiger partial charge is 0.497 e. The van der Waals surface area contributed by atoms with E-state index in [0.717, 1.165) is 14.8 Å². The molecule has 3 aromatic carbocycles. The van der Waals surface area contributed by atoms with E-state index in [4.69, 9.17) is 9.47 Å². The number of nitrogens with zero attached hydrogens (tertiary/aromatic N) is 2. The normalized spacial score (nSPS) is 12.0. The van der Waals surface area contributed by atoms with E-state index < -0.39 is 28.5 Å². The first-order valence-electron chi connectivity index (χ1n) is 14.6. The van der Waals surface area contributed by atoms with Crippen LogP contribution in [0.15, 0.2) is 82.6 Å². The molecule has 0 aromatic heterocycles. The topological polar surface area (TPSA) is 105 Å². The van der Waals surface area contributed by atoms with E-state index >= 15 is 0 Å². The highest BCUT2D eigenvalue weighted by molar-refractivity contribution is 7.98. The summed E-state index contributed by atoms with van der Waals surface area (Å²) in [6, 6.07) is 19.7. The summed E-state index contributed by atoms with van der Waals surface area (Å²) in [6.07, 6.45) is 2.25. The minimum atomic E-state index is -4.23. The maximum Gasteiger partial charge on any atom is 0.264 e. The fraction of sp³-hybridized carbons (Fsp3) is 0.394. The van der Waals surface area contributed by atoms with Crippen molar-refractivity contribution < 1.29 is 27.5 Å². The predicted octanol–water partition coefficient (Wildman–Crippen LogP) is 5.59. The molecule has 0 aliphatic carbocycles. The molecule has 3 rings (SSSR count). The molecule has 0 saturated carbocycles. The van der Waals surface area contributed by atoms with Gasteiger partial charge in [0.05, 0.1) is 24.3 Å². The van der Waals surface area contributed by atoms with Crippen molar-refractivity contribution in [3.8, 4) is 11.5 Å². The highest BCUT2D eigenvalue weighted by Crippen LogP contribution is 2.33. The molecule has 0 saturated heterocycles. The number of nitrogens with one attached hydrogen (secondary N) is 1. The number of carbonyl (C=O) groups excluding carboxylic acids is 2. The van der Waals surface area contributed by atoms with Gasteiger partial charge in [-0.25, -0.2) is 8.42 Å². The molecule has 0 heterocycles. The predicted molar refractivity (Wildman–Crippen MR) is 176 cm³/mol. The summed E-state index contributed by atoms with van der Waals surface area (Å²) in [5, 5.41) is 2.94. The van der Waals surface area contributed by atoms with Crippen molar-refractivity contribution in [2.24, 2.45) is 5.92 Å². The standard InChI is InChI=1S/C33H43N3O6S2/c1-7-29(33(38)34-21-24(3)4)35(22-25-13-15-26(41-5)16-14-25)32(37)23-36(30-11-9-10-12-31(30)42-8-2)44(39,40)28-19-17-27(43-6)18-20-28/h9-20,24,29H,7-8,21-23H2,1-6H3,(H,34,38)/t29-/m1/s1. The number of amides is 2. The van der Waals surface area contributed by atoms with Gasteiger partial charge in [0.1, 0.15) is 24.1 Å². The Kier molecular flexibility index (Phi) is 13.0. The van der Waals surface area contributed by atoms with Crippen LogP contribution in [0.2, 0.25) is 0 Å². The number of hydrogen-bond donors (Lipinski definition) is 1. The van der Waals surface area contributed by atoms with Gasteiger partial charge in [0.25, 0.3) is 10.0 Å². The highest BCUT2D eigenvalue weighted by Gasteiger charge is 2.34. The van der Waals surface area contributed by atoms with Crippen molar-refractivity contribution in [3.05, 3.63) is 78.4 Å². The molecule has 3 aromatic rings. The smallest absolute Gasteiger partial charge is 0.264 e. The zero-order valence-electron chi connectivity index (χ0n) is 26.3. The maximum atomic E-state index is 14.3. The third-order valence-corrected chi connectivity index (χ3v) is 9.46. The van der Waals surface area contributed by atoms with Crippen molar-refractivity contribution in [3.63, 3.8) is 0 Å². The summed E-state index contributed by atoms with van der Waals surface area (Å²) in [7, 11) is -2.65. The summed E-state index contributed by atoms with van der Waals surface area (Å²) in [5.74, 6) is 0.388. The van der Waals surface area contributed by atoms with Gasteiger partial charge in [-0.3, -0.25) is 13.9 Å². The second-order valence-corrected chi connectivity index (χ2v) is 13.3. The van der Waals surface area contributed by atoms with Gasteiger partial charge in [-0.05, 0) is 79.6 Å². The van der Waals surface area contributed by atoms with Crippen LogP contribution in [-0.2, 0) is 26.2 Å². The Balaban J connectivity index is 2.10. The molecule has 0 aliphatic heterocycles. The molecule has 44 heavy (non-hydrogen) atoms. The number of benzene rings is 3. The molecular formula is C33H43N3O6S2. The minimum Gasteiger partial charge on any atom is -0.497 e. The third kappa shape index (κ3) is 8.92. The molecule has 2 amide bonds. The van der Waals surface area contributed by atoms with E-state index in [1.54, 1.807) is 62.6 Å². The van der Waals surface area contributed by atoms with Crippen molar-refractivity contribution in [1.82, 2.24) is 10.2 Å². The zero-order chi connectivity index (χ0) is 32.3. The van der Waals surface area contributed by atoms with Gasteiger partial charge in [0.15, 0.2) is 0 Å². The van der Waals surface area contributed by atoms with Crippen LogP contribution >= 0.6 is 11.8 Å². The Bertz CT molecular complexity index is 1480. The average molecular weight is 642 g/mol. The maximum absolute atomic E-state index is 14.3. The molecule has 9 nitrogen and oxygen atoms in total. The van der Waals surface area contributed by atoms with Crippen LogP contribution in [0.1, 0.15) is 39.7 Å². The lowest BCUT2D eigenvalue weighted by molar-refractivity contribution is -0.140. The molecule has 1 atom stereocenters. The van der Waals surface area contributed by atoms with Crippen LogP contribution in [0.4, 0.5) is 5.69 Å². The molecule has 0 aliphatic rings. The van der Waals surface area contributed by atoms with E-state index in [0.29, 0.717) is 31.1 Å². The molecule has 0 fully saturated rings. The van der Waals surface area contributed by atoms with E-state index in [1.165, 1.54) is 28.8 Å². The van der Waals surface area contributed by atoms with Crippen molar-refractivity contribution in [1.29, 1.82) is 0 Å². The second-order valence-electron chi connectivity index (χ2n) is 10.5. The van der Waals surface area contributed by atoms with Crippen LogP contribution in [0.3, 0.4) is 0 Å². The quantitative estimate of drug-likeness (QED) is 0.203. The molecule has 1 N–H and O–H groups in total. The lowest BCUT2D eigenvalue weighted by Gasteiger charge is -2.33. The lowest BCUT2D eigenvalue weighted by atomic mass is 10.1. The Labute approximate surface area is 266 Å². The first-order chi connectivity index (χ1) is 21.0. The van der Waals surface area contributed by atoms with Crippen molar-refractivity contribution in [2.45, 2.75) is 56.5 Å². The molecule has 11 heteroatoms. The molecule has 0 unspecified atom stereocenters. The summed E-state index contributed by atoms with van der Waals surface area (Å²) < 4.78 is 40.6. The molecule has 0 spiro atoms. The Morgan fingerprint density at radius 3 is 2.18 bits per heavy atom. The number of carbonyl (C=O) groups is 2. The minimum absolute atomic E-state index is 0.0397. The number of methoxy groups -OCH3 is 1. The molecule has 0 radical (unpaired) electrons. The molecule has 238 valence electrons. The number of sulfonamides is 1. The Morgan fingerprint density at radius 1 is 0.955 bits per heavy atom. The van der Waals surface area contributed by atoms with Gasteiger partial charge < -0.3 is 19.7 Å². The van der Waals surface area contributed by atoms with Gasteiger partial charge in [0.2, 0.25) is 11.8 Å². The van der Waals surface area contributed by atoms with Gasteiger partial charge in [0, 0.05) is 18.0 Å². The summed E-state index contributed by atoms with van der Waals surface area (Å²) in [4.78, 5) is 30.1.